The van der Waals surface area contributed by atoms with Gasteiger partial charge in [-0.15, -0.1) is 10.2 Å². The second-order valence-electron chi connectivity index (χ2n) is 6.09. The van der Waals surface area contributed by atoms with Crippen molar-refractivity contribution in [2.45, 2.75) is 6.42 Å². The number of hydrogen-bond acceptors (Lipinski definition) is 8. The molecule has 0 unspecified atom stereocenters. The molecular formula is C20H27N5O5. The molecule has 1 heterocycles. The number of nitrogens with zero attached hydrogens (tertiary/aromatic N) is 2. The SMILES string of the molecule is CNCCOCCOCCC(=O)Nc1ccccc1C(=O)Nc1ccc(OC)nn1. The number of carbonyl (C=O) groups is 2. The van der Waals surface area contributed by atoms with Gasteiger partial charge in [-0.3, -0.25) is 9.59 Å². The Morgan fingerprint density at radius 1 is 0.933 bits per heavy atom. The Bertz CT molecular complexity index is 800. The molecular weight excluding hydrogens is 390 g/mol. The number of anilines is 2. The molecule has 0 fully saturated rings. The van der Waals surface area contributed by atoms with Crippen LogP contribution in [-0.2, 0) is 14.3 Å². The summed E-state index contributed by atoms with van der Waals surface area (Å²) in [7, 11) is 3.33. The van der Waals surface area contributed by atoms with Crippen LogP contribution in [0.1, 0.15) is 16.8 Å². The first-order valence-electron chi connectivity index (χ1n) is 9.52. The van der Waals surface area contributed by atoms with E-state index in [4.69, 9.17) is 14.2 Å². The first-order chi connectivity index (χ1) is 14.6. The van der Waals surface area contributed by atoms with E-state index < -0.39 is 5.91 Å². The van der Waals surface area contributed by atoms with Crippen LogP contribution in [0, 0.1) is 0 Å². The van der Waals surface area contributed by atoms with Gasteiger partial charge in [0.15, 0.2) is 5.82 Å². The summed E-state index contributed by atoms with van der Waals surface area (Å²) in [4.78, 5) is 24.8. The van der Waals surface area contributed by atoms with Gasteiger partial charge in [-0.2, -0.15) is 0 Å². The number of hydrogen-bond donors (Lipinski definition) is 3. The summed E-state index contributed by atoms with van der Waals surface area (Å²) in [6, 6.07) is 9.87. The lowest BCUT2D eigenvalue weighted by Gasteiger charge is -2.11. The van der Waals surface area contributed by atoms with Crippen LogP contribution in [-0.4, -0.2) is 69.1 Å². The van der Waals surface area contributed by atoms with Crippen LogP contribution >= 0.6 is 0 Å². The minimum atomic E-state index is -0.416. The average Bonchev–Trinajstić information content (AvgIpc) is 2.76. The third-order valence-corrected chi connectivity index (χ3v) is 3.88. The van der Waals surface area contributed by atoms with Crippen molar-refractivity contribution in [3.63, 3.8) is 0 Å². The fourth-order valence-corrected chi connectivity index (χ4v) is 2.34. The third-order valence-electron chi connectivity index (χ3n) is 3.88. The van der Waals surface area contributed by atoms with Gasteiger partial charge in [0.25, 0.3) is 5.91 Å². The topological polar surface area (TPSA) is 124 Å². The van der Waals surface area contributed by atoms with Gasteiger partial charge >= 0.3 is 0 Å². The number of benzene rings is 1. The Hall–Kier alpha value is -3.08. The molecule has 0 aliphatic heterocycles. The molecule has 1 aromatic carbocycles. The first-order valence-corrected chi connectivity index (χ1v) is 9.52. The largest absolute Gasteiger partial charge is 0.480 e. The number of aromatic nitrogens is 2. The van der Waals surface area contributed by atoms with Crippen LogP contribution in [0.2, 0.25) is 0 Å². The van der Waals surface area contributed by atoms with Crippen LogP contribution in [0.5, 0.6) is 5.88 Å². The molecule has 0 spiro atoms. The van der Waals surface area contributed by atoms with Gasteiger partial charge < -0.3 is 30.2 Å². The molecule has 0 atom stereocenters. The number of amides is 2. The molecule has 0 saturated heterocycles. The van der Waals surface area contributed by atoms with E-state index in [1.165, 1.54) is 7.11 Å². The fourth-order valence-electron chi connectivity index (χ4n) is 2.34. The summed E-state index contributed by atoms with van der Waals surface area (Å²) in [5.41, 5.74) is 0.708. The molecule has 0 saturated carbocycles. The molecule has 3 N–H and O–H groups in total. The van der Waals surface area contributed by atoms with Gasteiger partial charge in [0.05, 0.1) is 51.2 Å². The lowest BCUT2D eigenvalue weighted by molar-refractivity contribution is -0.117. The van der Waals surface area contributed by atoms with Gasteiger partial charge in [-0.25, -0.2) is 0 Å². The first kappa shape index (κ1) is 23.2. The Labute approximate surface area is 175 Å². The Kier molecular flexibility index (Phi) is 10.2. The lowest BCUT2D eigenvalue weighted by Crippen LogP contribution is -2.20. The predicted molar refractivity (Wildman–Crippen MR) is 112 cm³/mol. The fraction of sp³-hybridized carbons (Fsp3) is 0.400. The molecule has 0 aliphatic rings. The minimum absolute atomic E-state index is 0.163. The average molecular weight is 417 g/mol. The van der Waals surface area contributed by atoms with Crippen molar-refractivity contribution in [3.8, 4) is 5.88 Å². The maximum atomic E-state index is 12.6. The zero-order valence-corrected chi connectivity index (χ0v) is 17.1. The van der Waals surface area contributed by atoms with Crippen molar-refractivity contribution in [3.05, 3.63) is 42.0 Å². The highest BCUT2D eigenvalue weighted by atomic mass is 16.5. The zero-order valence-electron chi connectivity index (χ0n) is 17.1. The van der Waals surface area contributed by atoms with E-state index >= 15 is 0 Å². The standard InChI is InChI=1S/C20H27N5O5/c1-21-10-12-30-14-13-29-11-9-18(26)22-16-6-4-3-5-15(16)20(27)23-17-7-8-19(28-2)25-24-17/h3-8,21H,9-14H2,1-2H3,(H,22,26)(H,23,24,27). The summed E-state index contributed by atoms with van der Waals surface area (Å²) in [5.74, 6) is -0.0596. The van der Waals surface area contributed by atoms with Gasteiger partial charge in [0.2, 0.25) is 11.8 Å². The van der Waals surface area contributed by atoms with Crippen LogP contribution in [0.3, 0.4) is 0 Å². The smallest absolute Gasteiger partial charge is 0.258 e. The maximum Gasteiger partial charge on any atom is 0.258 e. The number of rotatable bonds is 13. The molecule has 1 aromatic heterocycles. The highest BCUT2D eigenvalue weighted by molar-refractivity contribution is 6.09. The van der Waals surface area contributed by atoms with E-state index in [1.807, 2.05) is 7.05 Å². The predicted octanol–water partition coefficient (Wildman–Crippen LogP) is 1.32. The number of methoxy groups -OCH3 is 1. The molecule has 10 nitrogen and oxygen atoms in total. The third kappa shape index (κ3) is 8.11. The number of ether oxygens (including phenoxy) is 3. The molecule has 0 radical (unpaired) electrons. The molecule has 2 rings (SSSR count). The molecule has 0 aliphatic carbocycles. The highest BCUT2D eigenvalue weighted by Gasteiger charge is 2.14. The molecule has 162 valence electrons. The van der Waals surface area contributed by atoms with E-state index in [0.29, 0.717) is 37.0 Å². The van der Waals surface area contributed by atoms with Crippen molar-refractivity contribution in [1.82, 2.24) is 15.5 Å². The van der Waals surface area contributed by atoms with Gasteiger partial charge in [0, 0.05) is 12.6 Å². The Balaban J connectivity index is 1.80. The normalized spacial score (nSPS) is 10.5. The Morgan fingerprint density at radius 2 is 1.70 bits per heavy atom. The monoisotopic (exact) mass is 417 g/mol. The van der Waals surface area contributed by atoms with Gasteiger partial charge in [0.1, 0.15) is 0 Å². The summed E-state index contributed by atoms with van der Waals surface area (Å²) in [6.07, 6.45) is 0.163. The van der Waals surface area contributed by atoms with E-state index in [0.717, 1.165) is 6.54 Å². The highest BCUT2D eigenvalue weighted by Crippen LogP contribution is 2.17. The number of nitrogens with one attached hydrogen (secondary N) is 3. The van der Waals surface area contributed by atoms with Crippen molar-refractivity contribution in [2.75, 3.05) is 57.8 Å². The quantitative estimate of drug-likeness (QED) is 0.417. The maximum absolute atomic E-state index is 12.6. The zero-order chi connectivity index (χ0) is 21.6. The number of para-hydroxylation sites is 1. The second kappa shape index (κ2) is 13.2. The van der Waals surface area contributed by atoms with Crippen LogP contribution in [0.4, 0.5) is 11.5 Å². The summed E-state index contributed by atoms with van der Waals surface area (Å²) < 4.78 is 15.7. The lowest BCUT2D eigenvalue weighted by atomic mass is 10.1. The summed E-state index contributed by atoms with van der Waals surface area (Å²) in [5, 5.41) is 16.0. The molecule has 2 amide bonds. The van der Waals surface area contributed by atoms with Crippen LogP contribution in [0.25, 0.3) is 0 Å². The second-order valence-corrected chi connectivity index (χ2v) is 6.09. The van der Waals surface area contributed by atoms with Gasteiger partial charge in [-0.1, -0.05) is 12.1 Å². The van der Waals surface area contributed by atoms with E-state index in [1.54, 1.807) is 36.4 Å². The van der Waals surface area contributed by atoms with Crippen molar-refractivity contribution in [1.29, 1.82) is 0 Å². The van der Waals surface area contributed by atoms with E-state index in [2.05, 4.69) is 26.1 Å². The summed E-state index contributed by atoms with van der Waals surface area (Å²) >= 11 is 0. The van der Waals surface area contributed by atoms with E-state index in [-0.39, 0.29) is 24.8 Å². The number of carbonyl (C=O) groups excluding carboxylic acids is 2. The molecule has 2 aromatic rings. The van der Waals surface area contributed by atoms with Crippen molar-refractivity contribution in [2.24, 2.45) is 0 Å². The van der Waals surface area contributed by atoms with Crippen LogP contribution < -0.4 is 20.7 Å². The van der Waals surface area contributed by atoms with E-state index in [9.17, 15) is 9.59 Å². The van der Waals surface area contributed by atoms with Gasteiger partial charge in [-0.05, 0) is 25.2 Å². The van der Waals surface area contributed by atoms with Crippen LogP contribution in [0.15, 0.2) is 36.4 Å². The number of likely N-dealkylation sites (N-methyl/N-ethyl adjacent to an activating group) is 1. The van der Waals surface area contributed by atoms with Crippen molar-refractivity contribution < 1.29 is 23.8 Å². The molecule has 0 bridgehead atoms. The van der Waals surface area contributed by atoms with Crippen molar-refractivity contribution >= 4 is 23.3 Å². The Morgan fingerprint density at radius 3 is 2.40 bits per heavy atom. The summed E-state index contributed by atoms with van der Waals surface area (Å²) in [6.45, 7) is 2.54. The minimum Gasteiger partial charge on any atom is -0.480 e. The molecule has 30 heavy (non-hydrogen) atoms. The molecule has 10 heteroatoms.